The van der Waals surface area contributed by atoms with Gasteiger partial charge in [0.25, 0.3) is 0 Å². The highest BCUT2D eigenvalue weighted by Crippen LogP contribution is 2.37. The van der Waals surface area contributed by atoms with Crippen LogP contribution in [0, 0.1) is 24.1 Å². The molecular formula is C23H21FN4O. The molecule has 1 aliphatic heterocycles. The summed E-state index contributed by atoms with van der Waals surface area (Å²) in [5, 5.41) is 13.0. The van der Waals surface area contributed by atoms with Gasteiger partial charge in [0.05, 0.1) is 34.8 Å². The maximum Gasteiger partial charge on any atom is 0.149 e. The van der Waals surface area contributed by atoms with Gasteiger partial charge in [-0.1, -0.05) is 19.4 Å². The van der Waals surface area contributed by atoms with Gasteiger partial charge in [-0.3, -0.25) is 4.98 Å². The predicted molar refractivity (Wildman–Crippen MR) is 110 cm³/mol. The van der Waals surface area contributed by atoms with E-state index in [0.29, 0.717) is 47.0 Å². The van der Waals surface area contributed by atoms with Crippen LogP contribution in [0.1, 0.15) is 35.7 Å². The SMILES string of the molecule is CCCc1nccc2c1Nc1nc(c(C)cc1C#N)-c1c(F)cccc1OCC2. The third-order valence-corrected chi connectivity index (χ3v) is 5.02. The Labute approximate surface area is 169 Å². The van der Waals surface area contributed by atoms with Crippen molar-refractivity contribution in [1.29, 1.82) is 5.26 Å². The number of fused-ring (bicyclic) bond motifs is 5. The molecule has 1 N–H and O–H groups in total. The van der Waals surface area contributed by atoms with Crippen molar-refractivity contribution in [3.05, 3.63) is 64.7 Å². The van der Waals surface area contributed by atoms with Gasteiger partial charge in [0.1, 0.15) is 23.5 Å². The molecule has 0 saturated heterocycles. The van der Waals surface area contributed by atoms with Gasteiger partial charge >= 0.3 is 0 Å². The second kappa shape index (κ2) is 7.88. The van der Waals surface area contributed by atoms with Gasteiger partial charge in [-0.2, -0.15) is 5.26 Å². The minimum Gasteiger partial charge on any atom is -0.492 e. The molecule has 0 saturated carbocycles. The molecule has 0 aliphatic carbocycles. The number of nitrogens with zero attached hydrogens (tertiary/aromatic N) is 3. The number of ether oxygens (including phenoxy) is 1. The third kappa shape index (κ3) is 3.52. The Hall–Kier alpha value is -3.46. The summed E-state index contributed by atoms with van der Waals surface area (Å²) in [6, 6.07) is 10.6. The fraction of sp³-hybridized carbons (Fsp3) is 0.261. The summed E-state index contributed by atoms with van der Waals surface area (Å²) in [5.74, 6) is 0.442. The van der Waals surface area contributed by atoms with Crippen LogP contribution in [0.4, 0.5) is 15.9 Å². The quantitative estimate of drug-likeness (QED) is 0.662. The fourth-order valence-corrected chi connectivity index (χ4v) is 3.63. The summed E-state index contributed by atoms with van der Waals surface area (Å²) >= 11 is 0. The lowest BCUT2D eigenvalue weighted by Crippen LogP contribution is -2.08. The Morgan fingerprint density at radius 1 is 1.31 bits per heavy atom. The zero-order valence-electron chi connectivity index (χ0n) is 16.4. The van der Waals surface area contributed by atoms with Crippen molar-refractivity contribution in [3.8, 4) is 23.1 Å². The van der Waals surface area contributed by atoms with Crippen molar-refractivity contribution >= 4 is 11.5 Å². The average molecular weight is 388 g/mol. The first-order valence-electron chi connectivity index (χ1n) is 9.69. The van der Waals surface area contributed by atoms with Gasteiger partial charge in [-0.15, -0.1) is 0 Å². The normalized spacial score (nSPS) is 12.5. The summed E-state index contributed by atoms with van der Waals surface area (Å²) in [6.07, 6.45) is 4.15. The van der Waals surface area contributed by atoms with Crippen molar-refractivity contribution in [2.45, 2.75) is 33.1 Å². The van der Waals surface area contributed by atoms with Crippen LogP contribution in [0.5, 0.6) is 5.75 Å². The third-order valence-electron chi connectivity index (χ3n) is 5.02. The lowest BCUT2D eigenvalue weighted by atomic mass is 10.0. The first-order valence-corrected chi connectivity index (χ1v) is 9.69. The Bertz CT molecular complexity index is 1120. The smallest absolute Gasteiger partial charge is 0.149 e. The summed E-state index contributed by atoms with van der Waals surface area (Å²) in [7, 11) is 0. The molecule has 5 nitrogen and oxygen atoms in total. The molecule has 2 bridgehead atoms. The van der Waals surface area contributed by atoms with E-state index in [1.54, 1.807) is 24.4 Å². The number of rotatable bonds is 2. The van der Waals surface area contributed by atoms with Crippen LogP contribution in [0.25, 0.3) is 11.3 Å². The second-order valence-corrected chi connectivity index (χ2v) is 7.04. The number of pyridine rings is 2. The van der Waals surface area contributed by atoms with E-state index in [0.717, 1.165) is 29.8 Å². The lowest BCUT2D eigenvalue weighted by Gasteiger charge is -2.16. The maximum absolute atomic E-state index is 14.8. The van der Waals surface area contributed by atoms with E-state index in [1.165, 1.54) is 6.07 Å². The van der Waals surface area contributed by atoms with Crippen LogP contribution in [-0.2, 0) is 12.8 Å². The van der Waals surface area contributed by atoms with Crippen molar-refractivity contribution in [2.24, 2.45) is 0 Å². The van der Waals surface area contributed by atoms with Gasteiger partial charge < -0.3 is 10.1 Å². The number of nitrogens with one attached hydrogen (secondary N) is 1. The van der Waals surface area contributed by atoms with E-state index < -0.39 is 5.82 Å². The number of hydrogen-bond acceptors (Lipinski definition) is 5. The Balaban J connectivity index is 1.97. The maximum atomic E-state index is 14.8. The van der Waals surface area contributed by atoms with E-state index in [9.17, 15) is 9.65 Å². The number of hydrogen-bond donors (Lipinski definition) is 1. The summed E-state index contributed by atoms with van der Waals surface area (Å²) in [5.41, 5.74) is 4.68. The minimum absolute atomic E-state index is 0.315. The summed E-state index contributed by atoms with van der Waals surface area (Å²) in [4.78, 5) is 9.19. The van der Waals surface area contributed by atoms with Crippen LogP contribution >= 0.6 is 0 Å². The standard InChI is InChI=1S/C23H21FN4O/c1-3-5-18-22-15(8-10-26-18)9-11-29-19-7-4-6-17(24)20(19)21-14(2)12-16(13-25)23(27-21)28-22/h4,6-8,10,12H,3,5,9,11H2,1-2H3,(H,27,28). The van der Waals surface area contributed by atoms with Crippen molar-refractivity contribution in [2.75, 3.05) is 11.9 Å². The van der Waals surface area contributed by atoms with E-state index in [1.807, 2.05) is 13.0 Å². The molecule has 0 unspecified atom stereocenters. The van der Waals surface area contributed by atoms with Crippen molar-refractivity contribution < 1.29 is 9.13 Å². The van der Waals surface area contributed by atoms with Gasteiger partial charge in [0.2, 0.25) is 0 Å². The first kappa shape index (κ1) is 18.9. The Kier molecular flexibility index (Phi) is 5.13. The molecular weight excluding hydrogens is 367 g/mol. The molecule has 4 rings (SSSR count). The van der Waals surface area contributed by atoms with E-state index >= 15 is 0 Å². The van der Waals surface area contributed by atoms with Gasteiger partial charge in [0, 0.05) is 12.6 Å². The zero-order valence-corrected chi connectivity index (χ0v) is 16.4. The van der Waals surface area contributed by atoms with E-state index in [4.69, 9.17) is 4.74 Å². The van der Waals surface area contributed by atoms with Gasteiger partial charge in [0.15, 0.2) is 0 Å². The number of nitriles is 1. The molecule has 0 fully saturated rings. The number of aromatic nitrogens is 2. The van der Waals surface area contributed by atoms with Crippen LogP contribution < -0.4 is 10.1 Å². The predicted octanol–water partition coefficient (Wildman–Crippen LogP) is 5.09. The molecule has 0 spiro atoms. The van der Waals surface area contributed by atoms with Gasteiger partial charge in [-0.25, -0.2) is 9.37 Å². The van der Waals surface area contributed by atoms with Crippen molar-refractivity contribution in [3.63, 3.8) is 0 Å². The molecule has 0 amide bonds. The second-order valence-electron chi connectivity index (χ2n) is 7.04. The zero-order chi connectivity index (χ0) is 20.4. The lowest BCUT2D eigenvalue weighted by molar-refractivity contribution is 0.322. The molecule has 0 atom stereocenters. The summed E-state index contributed by atoms with van der Waals surface area (Å²) < 4.78 is 20.8. The van der Waals surface area contributed by atoms with E-state index in [2.05, 4.69) is 28.3 Å². The highest BCUT2D eigenvalue weighted by molar-refractivity contribution is 5.76. The monoisotopic (exact) mass is 388 g/mol. The molecule has 3 aromatic rings. The van der Waals surface area contributed by atoms with E-state index in [-0.39, 0.29) is 0 Å². The highest BCUT2D eigenvalue weighted by Gasteiger charge is 2.21. The first-order chi connectivity index (χ1) is 14.1. The number of halogens is 1. The topological polar surface area (TPSA) is 70.8 Å². The summed E-state index contributed by atoms with van der Waals surface area (Å²) in [6.45, 7) is 4.31. The Morgan fingerprint density at radius 2 is 2.17 bits per heavy atom. The van der Waals surface area contributed by atoms with Gasteiger partial charge in [-0.05, 0) is 48.7 Å². The van der Waals surface area contributed by atoms with Crippen LogP contribution in [0.3, 0.4) is 0 Å². The molecule has 1 aliphatic rings. The molecule has 6 heteroatoms. The van der Waals surface area contributed by atoms with Crippen LogP contribution in [0.2, 0.25) is 0 Å². The van der Waals surface area contributed by atoms with Crippen molar-refractivity contribution in [1.82, 2.24) is 9.97 Å². The molecule has 3 heterocycles. The number of anilines is 2. The molecule has 1 aromatic carbocycles. The number of benzene rings is 1. The molecule has 2 aromatic heterocycles. The van der Waals surface area contributed by atoms with Crippen LogP contribution in [0.15, 0.2) is 36.5 Å². The molecule has 146 valence electrons. The van der Waals surface area contributed by atoms with Crippen LogP contribution in [-0.4, -0.2) is 16.6 Å². The molecule has 0 radical (unpaired) electrons. The minimum atomic E-state index is -0.404. The Morgan fingerprint density at radius 3 is 2.97 bits per heavy atom. The average Bonchev–Trinajstić information content (AvgIpc) is 2.74. The largest absolute Gasteiger partial charge is 0.492 e. The fourth-order valence-electron chi connectivity index (χ4n) is 3.63. The molecule has 29 heavy (non-hydrogen) atoms. The number of aryl methyl sites for hydroxylation is 2. The highest BCUT2D eigenvalue weighted by atomic mass is 19.1.